The van der Waals surface area contributed by atoms with E-state index in [9.17, 15) is 5.11 Å². The summed E-state index contributed by atoms with van der Waals surface area (Å²) in [7, 11) is 0. The molecule has 2 unspecified atom stereocenters. The highest BCUT2D eigenvalue weighted by Gasteiger charge is 2.49. The van der Waals surface area contributed by atoms with Gasteiger partial charge in [0, 0.05) is 5.92 Å². The standard InChI is InChI=1S/C13H19BrO2S/c1-12(2)6-9(13(3,4)16-12)11(15)8-5-10(14)17-7-8/h5,7,9,11,15H,6H2,1-4H3. The van der Waals surface area contributed by atoms with Crippen molar-refractivity contribution in [1.29, 1.82) is 0 Å². The van der Waals surface area contributed by atoms with Crippen molar-refractivity contribution in [2.75, 3.05) is 0 Å². The first-order valence-electron chi connectivity index (χ1n) is 5.83. The second-order valence-electron chi connectivity index (χ2n) is 5.90. The molecule has 2 heterocycles. The maximum Gasteiger partial charge on any atom is 0.0855 e. The molecule has 1 N–H and O–H groups in total. The van der Waals surface area contributed by atoms with Crippen LogP contribution in [-0.4, -0.2) is 16.3 Å². The van der Waals surface area contributed by atoms with Gasteiger partial charge < -0.3 is 9.84 Å². The van der Waals surface area contributed by atoms with Crippen LogP contribution in [0.1, 0.15) is 45.8 Å². The molecule has 2 rings (SSSR count). The molecular weight excluding hydrogens is 300 g/mol. The number of ether oxygens (including phenoxy) is 1. The van der Waals surface area contributed by atoms with Crippen molar-refractivity contribution in [2.45, 2.75) is 51.4 Å². The summed E-state index contributed by atoms with van der Waals surface area (Å²) in [4.78, 5) is 0. The molecule has 0 saturated carbocycles. The Morgan fingerprint density at radius 3 is 2.53 bits per heavy atom. The number of hydrogen-bond acceptors (Lipinski definition) is 3. The van der Waals surface area contributed by atoms with E-state index in [-0.39, 0.29) is 17.1 Å². The lowest BCUT2D eigenvalue weighted by molar-refractivity contribution is -0.0880. The highest BCUT2D eigenvalue weighted by molar-refractivity contribution is 9.11. The molecule has 1 aromatic rings. The van der Waals surface area contributed by atoms with Gasteiger partial charge in [-0.3, -0.25) is 0 Å². The van der Waals surface area contributed by atoms with Gasteiger partial charge in [-0.1, -0.05) is 0 Å². The number of aliphatic hydroxyl groups excluding tert-OH is 1. The Kier molecular flexibility index (Phi) is 3.45. The summed E-state index contributed by atoms with van der Waals surface area (Å²) in [6.07, 6.45) is 0.434. The summed E-state index contributed by atoms with van der Waals surface area (Å²) in [5, 5.41) is 12.5. The lowest BCUT2D eigenvalue weighted by Crippen LogP contribution is -2.32. The summed E-state index contributed by atoms with van der Waals surface area (Å²) in [5.41, 5.74) is 0.556. The van der Waals surface area contributed by atoms with Crippen molar-refractivity contribution in [3.05, 3.63) is 20.8 Å². The van der Waals surface area contributed by atoms with E-state index in [0.717, 1.165) is 15.8 Å². The fourth-order valence-corrected chi connectivity index (χ4v) is 4.01. The molecule has 1 aliphatic heterocycles. The predicted molar refractivity (Wildman–Crippen MR) is 74.3 cm³/mol. The summed E-state index contributed by atoms with van der Waals surface area (Å²) in [6, 6.07) is 2.00. The van der Waals surface area contributed by atoms with E-state index in [1.807, 2.05) is 11.4 Å². The van der Waals surface area contributed by atoms with E-state index in [0.29, 0.717) is 0 Å². The number of aliphatic hydroxyl groups is 1. The van der Waals surface area contributed by atoms with Crippen LogP contribution in [0.15, 0.2) is 15.2 Å². The molecule has 0 spiro atoms. The van der Waals surface area contributed by atoms with Gasteiger partial charge in [0.05, 0.1) is 21.1 Å². The Morgan fingerprint density at radius 1 is 1.47 bits per heavy atom. The van der Waals surface area contributed by atoms with E-state index in [1.54, 1.807) is 11.3 Å². The highest BCUT2D eigenvalue weighted by Crippen LogP contribution is 2.48. The van der Waals surface area contributed by atoms with E-state index in [4.69, 9.17) is 4.74 Å². The zero-order valence-electron chi connectivity index (χ0n) is 10.7. The van der Waals surface area contributed by atoms with Crippen LogP contribution in [0.5, 0.6) is 0 Å². The molecule has 0 bridgehead atoms. The van der Waals surface area contributed by atoms with E-state index < -0.39 is 6.10 Å². The minimum absolute atomic E-state index is 0.138. The molecule has 0 amide bonds. The molecule has 2 atom stereocenters. The van der Waals surface area contributed by atoms with Crippen molar-refractivity contribution >= 4 is 27.3 Å². The average Bonchev–Trinajstić information content (AvgIpc) is 2.66. The van der Waals surface area contributed by atoms with Gasteiger partial charge in [-0.15, -0.1) is 11.3 Å². The smallest absolute Gasteiger partial charge is 0.0855 e. The molecule has 1 saturated heterocycles. The molecular formula is C13H19BrO2S. The van der Waals surface area contributed by atoms with Gasteiger partial charge in [0.15, 0.2) is 0 Å². The third-order valence-electron chi connectivity index (χ3n) is 3.45. The molecule has 0 aliphatic carbocycles. The third-order valence-corrected chi connectivity index (χ3v) is 4.98. The monoisotopic (exact) mass is 318 g/mol. The molecule has 17 heavy (non-hydrogen) atoms. The van der Waals surface area contributed by atoms with Crippen molar-refractivity contribution in [2.24, 2.45) is 5.92 Å². The number of thiophene rings is 1. The zero-order valence-corrected chi connectivity index (χ0v) is 13.1. The van der Waals surface area contributed by atoms with E-state index in [1.165, 1.54) is 0 Å². The van der Waals surface area contributed by atoms with Crippen LogP contribution in [0, 0.1) is 5.92 Å². The Balaban J connectivity index is 2.23. The van der Waals surface area contributed by atoms with Crippen LogP contribution in [0.2, 0.25) is 0 Å². The van der Waals surface area contributed by atoms with Gasteiger partial charge in [-0.25, -0.2) is 0 Å². The minimum Gasteiger partial charge on any atom is -0.388 e. The van der Waals surface area contributed by atoms with Gasteiger partial charge in [-0.05, 0) is 67.1 Å². The molecule has 1 fully saturated rings. The fourth-order valence-electron chi connectivity index (χ4n) is 2.81. The first-order valence-corrected chi connectivity index (χ1v) is 7.51. The van der Waals surface area contributed by atoms with Gasteiger partial charge in [0.25, 0.3) is 0 Å². The van der Waals surface area contributed by atoms with Crippen LogP contribution in [0.3, 0.4) is 0 Å². The lowest BCUT2D eigenvalue weighted by Gasteiger charge is -2.30. The second kappa shape index (κ2) is 4.34. The number of halogens is 1. The predicted octanol–water partition coefficient (Wildman–Crippen LogP) is 4.14. The molecule has 4 heteroatoms. The quantitative estimate of drug-likeness (QED) is 0.888. The maximum atomic E-state index is 10.5. The lowest BCUT2D eigenvalue weighted by atomic mass is 9.81. The summed E-state index contributed by atoms with van der Waals surface area (Å²) < 4.78 is 7.09. The molecule has 2 nitrogen and oxygen atoms in total. The van der Waals surface area contributed by atoms with Crippen molar-refractivity contribution in [3.63, 3.8) is 0 Å². The van der Waals surface area contributed by atoms with Gasteiger partial charge in [0.2, 0.25) is 0 Å². The van der Waals surface area contributed by atoms with Gasteiger partial charge in [0.1, 0.15) is 0 Å². The zero-order chi connectivity index (χ0) is 12.8. The molecule has 96 valence electrons. The van der Waals surface area contributed by atoms with Crippen molar-refractivity contribution in [1.82, 2.24) is 0 Å². The van der Waals surface area contributed by atoms with Crippen LogP contribution < -0.4 is 0 Å². The van der Waals surface area contributed by atoms with E-state index in [2.05, 4.69) is 43.6 Å². The molecule has 0 aromatic carbocycles. The Labute approximate surface area is 115 Å². The third kappa shape index (κ3) is 2.75. The van der Waals surface area contributed by atoms with Gasteiger partial charge in [-0.2, -0.15) is 0 Å². The highest BCUT2D eigenvalue weighted by atomic mass is 79.9. The summed E-state index contributed by atoms with van der Waals surface area (Å²) in [6.45, 7) is 8.31. The maximum absolute atomic E-state index is 10.5. The Hall–Kier alpha value is 0.1000. The number of rotatable bonds is 2. The average molecular weight is 319 g/mol. The van der Waals surface area contributed by atoms with Gasteiger partial charge >= 0.3 is 0 Å². The van der Waals surface area contributed by atoms with E-state index >= 15 is 0 Å². The molecule has 1 aliphatic rings. The van der Waals surface area contributed by atoms with Crippen molar-refractivity contribution in [3.8, 4) is 0 Å². The SMILES string of the molecule is CC1(C)CC(C(O)c2csc(Br)c2)C(C)(C)O1. The summed E-state index contributed by atoms with van der Waals surface area (Å²) in [5.74, 6) is 0.138. The van der Waals surface area contributed by atoms with Crippen LogP contribution in [0.25, 0.3) is 0 Å². The number of hydrogen-bond donors (Lipinski definition) is 1. The second-order valence-corrected chi connectivity index (χ2v) is 8.20. The van der Waals surface area contributed by atoms with Crippen LogP contribution >= 0.6 is 27.3 Å². The topological polar surface area (TPSA) is 29.5 Å². The fraction of sp³-hybridized carbons (Fsp3) is 0.692. The van der Waals surface area contributed by atoms with Crippen molar-refractivity contribution < 1.29 is 9.84 Å². The minimum atomic E-state index is -0.450. The first-order chi connectivity index (χ1) is 7.71. The Bertz CT molecular complexity index is 411. The molecule has 1 aromatic heterocycles. The van der Waals surface area contributed by atoms with Crippen LogP contribution in [-0.2, 0) is 4.74 Å². The Morgan fingerprint density at radius 2 is 2.12 bits per heavy atom. The normalized spacial score (nSPS) is 28.2. The van der Waals surface area contributed by atoms with Crippen LogP contribution in [0.4, 0.5) is 0 Å². The summed E-state index contributed by atoms with van der Waals surface area (Å²) >= 11 is 5.04. The first kappa shape index (κ1) is 13.5. The largest absolute Gasteiger partial charge is 0.388 e. The molecule has 0 radical (unpaired) electrons.